The molecule has 3 aromatic heterocycles. The van der Waals surface area contributed by atoms with Crippen molar-refractivity contribution in [2.45, 2.75) is 42.7 Å². The fourth-order valence-electron chi connectivity index (χ4n) is 5.12. The molecule has 15 heteroatoms. The number of sulfonamides is 1. The third-order valence-corrected chi connectivity index (χ3v) is 8.85. The summed E-state index contributed by atoms with van der Waals surface area (Å²) in [6, 6.07) is 4.63. The number of hydrogen-bond donors (Lipinski definition) is 1. The van der Waals surface area contributed by atoms with Gasteiger partial charge in [-0.2, -0.15) is 17.5 Å². The summed E-state index contributed by atoms with van der Waals surface area (Å²) in [6.07, 6.45) is -1.27. The lowest BCUT2D eigenvalue weighted by Gasteiger charge is -2.24. The van der Waals surface area contributed by atoms with Gasteiger partial charge in [0.2, 0.25) is 16.8 Å². The van der Waals surface area contributed by atoms with E-state index in [1.807, 2.05) is 0 Å². The Morgan fingerprint density at radius 3 is 2.48 bits per heavy atom. The summed E-state index contributed by atoms with van der Waals surface area (Å²) in [4.78, 5) is 23.6. The van der Waals surface area contributed by atoms with Crippen LogP contribution in [0.1, 0.15) is 24.4 Å². The molecule has 208 valence electrons. The SMILES string of the molecule is O=C(NCc1cc(-c2cnc(C(F)(F)F)nc2)c(F)cn1)[C@@H]1C2CC(C2)N1S(=O)(=O)c1cc2cc(F)ccc2o1. The molecule has 1 saturated carbocycles. The number of pyridine rings is 1. The molecule has 1 N–H and O–H groups in total. The fraction of sp³-hybridized carbons (Fsp3) is 0.280. The number of furan rings is 1. The Morgan fingerprint density at radius 1 is 1.05 bits per heavy atom. The van der Waals surface area contributed by atoms with E-state index in [2.05, 4.69) is 20.3 Å². The highest BCUT2D eigenvalue weighted by Gasteiger charge is 2.59. The van der Waals surface area contributed by atoms with Crippen molar-refractivity contribution in [1.29, 1.82) is 0 Å². The van der Waals surface area contributed by atoms with Gasteiger partial charge >= 0.3 is 6.18 Å². The first-order valence-corrected chi connectivity index (χ1v) is 13.4. The standard InChI is InChI=1S/C25H18F5N5O4S/c26-15-1-2-20-12(3-15)6-21(39-20)40(37,38)35-17-4-13(5-17)22(35)23(36)32-10-16-7-18(19(27)11-31-16)14-8-33-24(34-9-14)25(28,29)30/h1-3,6-9,11,13,17,22H,4-5,10H2,(H,32,36)/t13?,17?,22-/m0/s1. The molecule has 2 bridgehead atoms. The smallest absolute Gasteiger partial charge is 0.443 e. The molecule has 1 atom stereocenters. The average Bonchev–Trinajstić information content (AvgIpc) is 3.59. The minimum atomic E-state index is -4.75. The molecule has 4 aromatic rings. The van der Waals surface area contributed by atoms with E-state index in [0.717, 1.165) is 35.0 Å². The van der Waals surface area contributed by atoms with Crippen LogP contribution in [0, 0.1) is 17.6 Å². The monoisotopic (exact) mass is 579 g/mol. The van der Waals surface area contributed by atoms with Gasteiger partial charge in [-0.05, 0) is 43.0 Å². The van der Waals surface area contributed by atoms with E-state index in [4.69, 9.17) is 4.42 Å². The van der Waals surface area contributed by atoms with Gasteiger partial charge in [0.1, 0.15) is 23.3 Å². The van der Waals surface area contributed by atoms with Crippen LogP contribution in [0.2, 0.25) is 0 Å². The zero-order valence-electron chi connectivity index (χ0n) is 20.2. The number of carbonyl (C=O) groups is 1. The molecule has 2 aliphatic heterocycles. The number of carbonyl (C=O) groups excluding carboxylic acids is 1. The van der Waals surface area contributed by atoms with Crippen LogP contribution in [0.5, 0.6) is 0 Å². The maximum Gasteiger partial charge on any atom is 0.451 e. The van der Waals surface area contributed by atoms with Crippen molar-refractivity contribution in [3.63, 3.8) is 0 Å². The van der Waals surface area contributed by atoms with Crippen molar-refractivity contribution < 1.29 is 39.6 Å². The first-order valence-electron chi connectivity index (χ1n) is 12.0. The van der Waals surface area contributed by atoms with Crippen molar-refractivity contribution in [2.75, 3.05) is 0 Å². The summed E-state index contributed by atoms with van der Waals surface area (Å²) in [5.41, 5.74) is 0.203. The van der Waals surface area contributed by atoms with Crippen LogP contribution in [-0.4, -0.2) is 45.7 Å². The number of alkyl halides is 3. The average molecular weight is 580 g/mol. The van der Waals surface area contributed by atoms with Gasteiger partial charge in [0.15, 0.2) is 0 Å². The van der Waals surface area contributed by atoms with E-state index in [9.17, 15) is 35.2 Å². The Bertz CT molecular complexity index is 1740. The molecule has 9 nitrogen and oxygen atoms in total. The molecule has 3 aliphatic rings. The Kier molecular flexibility index (Phi) is 6.10. The van der Waals surface area contributed by atoms with Crippen molar-refractivity contribution in [3.8, 4) is 11.1 Å². The second-order valence-electron chi connectivity index (χ2n) is 9.58. The van der Waals surface area contributed by atoms with Crippen LogP contribution in [-0.2, 0) is 27.5 Å². The number of halogens is 5. The molecule has 5 heterocycles. The normalized spacial score (nSPS) is 21.0. The zero-order chi connectivity index (χ0) is 28.4. The molecule has 40 heavy (non-hydrogen) atoms. The largest absolute Gasteiger partial charge is 0.451 e. The second kappa shape index (κ2) is 9.30. The van der Waals surface area contributed by atoms with Gasteiger partial charge in [0, 0.05) is 41.0 Å². The van der Waals surface area contributed by atoms with Crippen molar-refractivity contribution >= 4 is 26.9 Å². The van der Waals surface area contributed by atoms with Gasteiger partial charge in [-0.3, -0.25) is 9.78 Å². The molecular formula is C25H18F5N5O4S. The van der Waals surface area contributed by atoms with E-state index in [1.54, 1.807) is 0 Å². The molecule has 1 aromatic carbocycles. The Hall–Kier alpha value is -3.98. The quantitative estimate of drug-likeness (QED) is 0.343. The van der Waals surface area contributed by atoms with E-state index < -0.39 is 56.7 Å². The predicted molar refractivity (Wildman–Crippen MR) is 128 cm³/mol. The Morgan fingerprint density at radius 2 is 1.77 bits per heavy atom. The van der Waals surface area contributed by atoms with Gasteiger partial charge in [-0.25, -0.2) is 27.2 Å². The molecule has 3 fully saturated rings. The molecule has 1 amide bonds. The lowest BCUT2D eigenvalue weighted by molar-refractivity contribution is -0.145. The fourth-order valence-corrected chi connectivity index (χ4v) is 6.93. The second-order valence-corrected chi connectivity index (χ2v) is 11.4. The number of aromatic nitrogens is 3. The highest BCUT2D eigenvalue weighted by molar-refractivity contribution is 7.89. The molecule has 7 rings (SSSR count). The van der Waals surface area contributed by atoms with E-state index in [1.165, 1.54) is 18.2 Å². The van der Waals surface area contributed by atoms with Crippen molar-refractivity contribution in [2.24, 2.45) is 5.92 Å². The highest BCUT2D eigenvalue weighted by atomic mass is 32.2. The number of fused-ring (bicyclic) bond motifs is 2. The summed E-state index contributed by atoms with van der Waals surface area (Å²) in [7, 11) is -4.24. The molecular weight excluding hydrogens is 561 g/mol. The first kappa shape index (κ1) is 26.3. The topological polar surface area (TPSA) is 118 Å². The van der Waals surface area contributed by atoms with Gasteiger partial charge in [-0.15, -0.1) is 0 Å². The molecule has 1 aliphatic carbocycles. The van der Waals surface area contributed by atoms with Crippen molar-refractivity contribution in [1.82, 2.24) is 24.6 Å². The van der Waals surface area contributed by atoms with E-state index in [0.29, 0.717) is 12.8 Å². The first-order chi connectivity index (χ1) is 18.9. The van der Waals surface area contributed by atoms with Crippen molar-refractivity contribution in [3.05, 3.63) is 72.1 Å². The lowest BCUT2D eigenvalue weighted by Crippen LogP contribution is -2.46. The van der Waals surface area contributed by atoms with E-state index >= 15 is 0 Å². The summed E-state index contributed by atoms with van der Waals surface area (Å²) in [5, 5.41) is 2.49. The van der Waals surface area contributed by atoms with E-state index in [-0.39, 0.29) is 40.3 Å². The van der Waals surface area contributed by atoms with Crippen LogP contribution < -0.4 is 5.32 Å². The minimum Gasteiger partial charge on any atom is -0.443 e. The van der Waals surface area contributed by atoms with Gasteiger partial charge in [0.05, 0.1) is 18.4 Å². The maximum absolute atomic E-state index is 14.4. The predicted octanol–water partition coefficient (Wildman–Crippen LogP) is 4.05. The maximum atomic E-state index is 14.4. The molecule has 0 radical (unpaired) electrons. The summed E-state index contributed by atoms with van der Waals surface area (Å²) in [5.74, 6) is -3.58. The van der Waals surface area contributed by atoms with Crippen LogP contribution in [0.4, 0.5) is 22.0 Å². The summed E-state index contributed by atoms with van der Waals surface area (Å²) >= 11 is 0. The third kappa shape index (κ3) is 4.48. The highest BCUT2D eigenvalue weighted by Crippen LogP contribution is 2.49. The number of amides is 1. The third-order valence-electron chi connectivity index (χ3n) is 7.06. The molecule has 0 spiro atoms. The van der Waals surface area contributed by atoms with Gasteiger partial charge in [0.25, 0.3) is 10.0 Å². The lowest BCUT2D eigenvalue weighted by atomic mass is 9.83. The minimum absolute atomic E-state index is 0.0277. The van der Waals surface area contributed by atoms with Gasteiger partial charge < -0.3 is 9.73 Å². The van der Waals surface area contributed by atoms with Crippen LogP contribution in [0.3, 0.4) is 0 Å². The molecule has 0 unspecified atom stereocenters. The Balaban J connectivity index is 1.20. The zero-order valence-corrected chi connectivity index (χ0v) is 21.0. The summed E-state index contributed by atoms with van der Waals surface area (Å²) in [6.45, 7) is -0.209. The van der Waals surface area contributed by atoms with Crippen LogP contribution in [0.25, 0.3) is 22.1 Å². The number of hydrogen-bond acceptors (Lipinski definition) is 7. The Labute approximate surface area is 223 Å². The molecule has 2 saturated heterocycles. The number of nitrogens with zero attached hydrogens (tertiary/aromatic N) is 4. The van der Waals surface area contributed by atoms with Crippen LogP contribution in [0.15, 0.2) is 58.4 Å². The number of rotatable bonds is 6. The van der Waals surface area contributed by atoms with Crippen LogP contribution >= 0.6 is 0 Å². The summed E-state index contributed by atoms with van der Waals surface area (Å²) < 4.78 is 99.7. The number of nitrogens with one attached hydrogen (secondary N) is 1. The number of benzene rings is 1. The van der Waals surface area contributed by atoms with Gasteiger partial charge in [-0.1, -0.05) is 0 Å².